The maximum atomic E-state index is 12.8. The molecule has 1 saturated heterocycles. The van der Waals surface area contributed by atoms with Crippen molar-refractivity contribution in [3.05, 3.63) is 71.3 Å². The van der Waals surface area contributed by atoms with Crippen molar-refractivity contribution in [3.63, 3.8) is 0 Å². The highest BCUT2D eigenvalue weighted by Gasteiger charge is 2.22. The highest BCUT2D eigenvalue weighted by Crippen LogP contribution is 2.13. The van der Waals surface area contributed by atoms with Gasteiger partial charge in [0.2, 0.25) is 0 Å². The van der Waals surface area contributed by atoms with Crippen LogP contribution in [0.25, 0.3) is 0 Å². The third-order valence-electron chi connectivity index (χ3n) is 5.29. The van der Waals surface area contributed by atoms with Gasteiger partial charge in [-0.1, -0.05) is 37.3 Å². The number of nitrogens with zero attached hydrogens (tertiary/aromatic N) is 2. The van der Waals surface area contributed by atoms with E-state index >= 15 is 0 Å². The number of hydrogen-bond acceptors (Lipinski definition) is 3. The summed E-state index contributed by atoms with van der Waals surface area (Å²) in [5.41, 5.74) is 2.52. The molecule has 0 aromatic heterocycles. The second-order valence-corrected chi connectivity index (χ2v) is 7.41. The molecule has 1 N–H and O–H groups in total. The zero-order chi connectivity index (χ0) is 19.9. The van der Waals surface area contributed by atoms with Gasteiger partial charge in [-0.3, -0.25) is 14.5 Å². The highest BCUT2D eigenvalue weighted by molar-refractivity contribution is 5.98. The van der Waals surface area contributed by atoms with Gasteiger partial charge in [0.05, 0.1) is 0 Å². The van der Waals surface area contributed by atoms with Gasteiger partial charge in [0, 0.05) is 49.9 Å². The fourth-order valence-electron chi connectivity index (χ4n) is 3.31. The van der Waals surface area contributed by atoms with Crippen LogP contribution in [0.15, 0.2) is 54.6 Å². The minimum absolute atomic E-state index is 0.0354. The standard InChI is InChI=1S/C23H29N3O2/c1-3-18(2)24-22(27)20-9-11-21(12-10-20)23(28)26-15-13-25(14-16-26)17-19-7-5-4-6-8-19/h4-12,18H,3,13-17H2,1-2H3,(H,24,27). The molecule has 0 bridgehead atoms. The molecule has 1 heterocycles. The summed E-state index contributed by atoms with van der Waals surface area (Å²) in [4.78, 5) is 29.2. The molecule has 1 aliphatic heterocycles. The van der Waals surface area contributed by atoms with Crippen LogP contribution in [0.4, 0.5) is 0 Å². The van der Waals surface area contributed by atoms with Crippen molar-refractivity contribution in [1.29, 1.82) is 0 Å². The van der Waals surface area contributed by atoms with Gasteiger partial charge in [-0.15, -0.1) is 0 Å². The molecule has 5 heteroatoms. The van der Waals surface area contributed by atoms with Crippen LogP contribution in [0.5, 0.6) is 0 Å². The van der Waals surface area contributed by atoms with Crippen molar-refractivity contribution in [2.24, 2.45) is 0 Å². The van der Waals surface area contributed by atoms with Crippen molar-refractivity contribution in [3.8, 4) is 0 Å². The van der Waals surface area contributed by atoms with Crippen molar-refractivity contribution < 1.29 is 9.59 Å². The van der Waals surface area contributed by atoms with E-state index in [0.717, 1.165) is 39.1 Å². The number of amides is 2. The molecule has 0 radical (unpaired) electrons. The third-order valence-corrected chi connectivity index (χ3v) is 5.29. The van der Waals surface area contributed by atoms with Crippen LogP contribution in [0.3, 0.4) is 0 Å². The SMILES string of the molecule is CCC(C)NC(=O)c1ccc(C(=O)N2CCN(Cc3ccccc3)CC2)cc1. The summed E-state index contributed by atoms with van der Waals surface area (Å²) in [5.74, 6) is -0.0591. The van der Waals surface area contributed by atoms with E-state index in [-0.39, 0.29) is 17.9 Å². The fourth-order valence-corrected chi connectivity index (χ4v) is 3.31. The molecular weight excluding hydrogens is 350 g/mol. The summed E-state index contributed by atoms with van der Waals surface area (Å²) in [7, 11) is 0. The molecular formula is C23H29N3O2. The first-order valence-electron chi connectivity index (χ1n) is 10.0. The monoisotopic (exact) mass is 379 g/mol. The quantitative estimate of drug-likeness (QED) is 0.839. The Labute approximate surface area is 167 Å². The second kappa shape index (κ2) is 9.51. The van der Waals surface area contributed by atoms with Gasteiger partial charge in [0.15, 0.2) is 0 Å². The van der Waals surface area contributed by atoms with Crippen LogP contribution < -0.4 is 5.32 Å². The summed E-state index contributed by atoms with van der Waals surface area (Å²) >= 11 is 0. The lowest BCUT2D eigenvalue weighted by molar-refractivity contribution is 0.0628. The molecule has 1 fully saturated rings. The molecule has 1 aliphatic rings. The summed E-state index contributed by atoms with van der Waals surface area (Å²) < 4.78 is 0. The lowest BCUT2D eigenvalue weighted by atomic mass is 10.1. The summed E-state index contributed by atoms with van der Waals surface area (Å²) in [6.07, 6.45) is 0.887. The second-order valence-electron chi connectivity index (χ2n) is 7.41. The molecule has 0 spiro atoms. The smallest absolute Gasteiger partial charge is 0.253 e. The van der Waals surface area contributed by atoms with Gasteiger partial charge < -0.3 is 10.2 Å². The van der Waals surface area contributed by atoms with Crippen molar-refractivity contribution in [2.75, 3.05) is 26.2 Å². The Morgan fingerprint density at radius 2 is 1.54 bits per heavy atom. The van der Waals surface area contributed by atoms with Crippen LogP contribution in [-0.2, 0) is 6.54 Å². The minimum Gasteiger partial charge on any atom is -0.350 e. The van der Waals surface area contributed by atoms with Crippen molar-refractivity contribution >= 4 is 11.8 Å². The van der Waals surface area contributed by atoms with Gasteiger partial charge in [-0.2, -0.15) is 0 Å². The van der Waals surface area contributed by atoms with Crippen LogP contribution >= 0.6 is 0 Å². The Bertz CT molecular complexity index is 781. The van der Waals surface area contributed by atoms with Crippen LogP contribution in [0.2, 0.25) is 0 Å². The molecule has 1 unspecified atom stereocenters. The van der Waals surface area contributed by atoms with Gasteiger partial charge in [-0.25, -0.2) is 0 Å². The topological polar surface area (TPSA) is 52.7 Å². The Hall–Kier alpha value is -2.66. The number of hydrogen-bond donors (Lipinski definition) is 1. The lowest BCUT2D eigenvalue weighted by Gasteiger charge is -2.34. The van der Waals surface area contributed by atoms with Crippen molar-refractivity contribution in [1.82, 2.24) is 15.1 Å². The lowest BCUT2D eigenvalue weighted by Crippen LogP contribution is -2.48. The zero-order valence-corrected chi connectivity index (χ0v) is 16.7. The first-order valence-corrected chi connectivity index (χ1v) is 10.0. The van der Waals surface area contributed by atoms with E-state index in [1.807, 2.05) is 24.8 Å². The number of carbonyl (C=O) groups excluding carboxylic acids is 2. The Balaban J connectivity index is 1.53. The van der Waals surface area contributed by atoms with Crippen molar-refractivity contribution in [2.45, 2.75) is 32.9 Å². The van der Waals surface area contributed by atoms with E-state index in [2.05, 4.69) is 34.5 Å². The minimum atomic E-state index is -0.0946. The Kier molecular flexibility index (Phi) is 6.82. The zero-order valence-electron chi connectivity index (χ0n) is 16.7. The Morgan fingerprint density at radius 3 is 2.14 bits per heavy atom. The van der Waals surface area contributed by atoms with E-state index < -0.39 is 0 Å². The molecule has 5 nitrogen and oxygen atoms in total. The largest absolute Gasteiger partial charge is 0.350 e. The van der Waals surface area contributed by atoms with Gasteiger partial charge in [0.25, 0.3) is 11.8 Å². The van der Waals surface area contributed by atoms with Crippen LogP contribution in [0, 0.1) is 0 Å². The summed E-state index contributed by atoms with van der Waals surface area (Å²) in [5, 5.41) is 2.94. The van der Waals surface area contributed by atoms with Crippen LogP contribution in [0.1, 0.15) is 46.5 Å². The molecule has 0 aliphatic carbocycles. The fraction of sp³-hybridized carbons (Fsp3) is 0.391. The predicted molar refractivity (Wildman–Crippen MR) is 111 cm³/mol. The Morgan fingerprint density at radius 1 is 0.929 bits per heavy atom. The van der Waals surface area contributed by atoms with E-state index in [1.54, 1.807) is 24.3 Å². The average Bonchev–Trinajstić information content (AvgIpc) is 2.74. The molecule has 1 atom stereocenters. The van der Waals surface area contributed by atoms with Gasteiger partial charge >= 0.3 is 0 Å². The molecule has 2 aromatic carbocycles. The summed E-state index contributed by atoms with van der Waals surface area (Å²) in [6.45, 7) is 8.12. The predicted octanol–water partition coefficient (Wildman–Crippen LogP) is 3.17. The van der Waals surface area contributed by atoms with E-state index in [4.69, 9.17) is 0 Å². The molecule has 3 rings (SSSR count). The van der Waals surface area contributed by atoms with Gasteiger partial charge in [0.1, 0.15) is 0 Å². The van der Waals surface area contributed by atoms with Crippen LogP contribution in [-0.4, -0.2) is 53.8 Å². The maximum Gasteiger partial charge on any atom is 0.253 e. The number of piperazine rings is 1. The molecule has 2 aromatic rings. The third kappa shape index (κ3) is 5.20. The highest BCUT2D eigenvalue weighted by atomic mass is 16.2. The molecule has 2 amide bonds. The average molecular weight is 380 g/mol. The normalized spacial score (nSPS) is 15.9. The van der Waals surface area contributed by atoms with E-state index in [9.17, 15) is 9.59 Å². The number of rotatable bonds is 6. The summed E-state index contributed by atoms with van der Waals surface area (Å²) in [6, 6.07) is 17.5. The molecule has 28 heavy (non-hydrogen) atoms. The molecule has 0 saturated carbocycles. The number of nitrogens with one attached hydrogen (secondary N) is 1. The number of benzene rings is 2. The van der Waals surface area contributed by atoms with E-state index in [0.29, 0.717) is 11.1 Å². The first kappa shape index (κ1) is 20.1. The first-order chi connectivity index (χ1) is 13.6. The number of carbonyl (C=O) groups is 2. The van der Waals surface area contributed by atoms with E-state index in [1.165, 1.54) is 5.56 Å². The van der Waals surface area contributed by atoms with Gasteiger partial charge in [-0.05, 0) is 43.2 Å². The maximum absolute atomic E-state index is 12.8. The molecule has 148 valence electrons.